The Morgan fingerprint density at radius 2 is 2.10 bits per heavy atom. The number of amides is 1. The van der Waals surface area contributed by atoms with Crippen LogP contribution in [0.1, 0.15) is 18.6 Å². The number of ether oxygens (including phenoxy) is 2. The maximum absolute atomic E-state index is 11.7. The molecule has 0 bridgehead atoms. The molecule has 21 heavy (non-hydrogen) atoms. The smallest absolute Gasteiger partial charge is 0.236 e. The van der Waals surface area contributed by atoms with Gasteiger partial charge < -0.3 is 24.8 Å². The molecular weight excluding hydrogens is 272 g/mol. The first-order valence-electron chi connectivity index (χ1n) is 6.88. The maximum atomic E-state index is 11.7. The van der Waals surface area contributed by atoms with Crippen molar-refractivity contribution in [3.8, 4) is 11.5 Å². The van der Waals surface area contributed by atoms with Crippen LogP contribution in [0.25, 0.3) is 0 Å². The molecule has 118 valence electrons. The van der Waals surface area contributed by atoms with Crippen LogP contribution in [0.4, 0.5) is 0 Å². The van der Waals surface area contributed by atoms with Crippen molar-refractivity contribution in [2.75, 3.05) is 40.9 Å². The first-order chi connectivity index (χ1) is 10.0. The summed E-state index contributed by atoms with van der Waals surface area (Å²) >= 11 is 0. The number of carbonyl (C=O) groups excluding carboxylic acids is 1. The van der Waals surface area contributed by atoms with E-state index in [2.05, 4.69) is 5.32 Å². The lowest BCUT2D eigenvalue weighted by Gasteiger charge is -2.18. The normalized spacial score (nSPS) is 11.9. The highest BCUT2D eigenvalue weighted by molar-refractivity contribution is 5.77. The van der Waals surface area contributed by atoms with Crippen LogP contribution in [0.2, 0.25) is 0 Å². The largest absolute Gasteiger partial charge is 0.497 e. The molecule has 0 spiro atoms. The quantitative estimate of drug-likeness (QED) is 0.743. The summed E-state index contributed by atoms with van der Waals surface area (Å²) in [7, 11) is 4.85. The van der Waals surface area contributed by atoms with Gasteiger partial charge in [0.2, 0.25) is 5.91 Å². The summed E-state index contributed by atoms with van der Waals surface area (Å²) in [6.07, 6.45) is -0.783. The summed E-state index contributed by atoms with van der Waals surface area (Å²) in [5.41, 5.74) is 0.626. The van der Waals surface area contributed by atoms with Crippen molar-refractivity contribution in [1.29, 1.82) is 0 Å². The molecule has 1 aromatic rings. The summed E-state index contributed by atoms with van der Waals surface area (Å²) in [5, 5.41) is 13.2. The van der Waals surface area contributed by atoms with Gasteiger partial charge in [0.15, 0.2) is 0 Å². The van der Waals surface area contributed by atoms with Crippen LogP contribution in [0, 0.1) is 0 Å². The minimum absolute atomic E-state index is 0.0118. The van der Waals surface area contributed by atoms with Crippen LogP contribution in [0.3, 0.4) is 0 Å². The number of nitrogens with one attached hydrogen (secondary N) is 1. The van der Waals surface area contributed by atoms with Gasteiger partial charge in [0, 0.05) is 25.7 Å². The first kappa shape index (κ1) is 17.3. The number of hydrogen-bond acceptors (Lipinski definition) is 5. The highest BCUT2D eigenvalue weighted by Gasteiger charge is 2.15. The Bertz CT molecular complexity index is 465. The number of methoxy groups -OCH3 is 2. The van der Waals surface area contributed by atoms with Crippen molar-refractivity contribution in [3.05, 3.63) is 23.8 Å². The van der Waals surface area contributed by atoms with Crippen molar-refractivity contribution >= 4 is 5.91 Å². The second-order valence-electron chi connectivity index (χ2n) is 4.66. The van der Waals surface area contributed by atoms with E-state index >= 15 is 0 Å². The van der Waals surface area contributed by atoms with Gasteiger partial charge in [-0.15, -0.1) is 0 Å². The van der Waals surface area contributed by atoms with Gasteiger partial charge in [-0.2, -0.15) is 0 Å². The van der Waals surface area contributed by atoms with Gasteiger partial charge in [-0.3, -0.25) is 4.79 Å². The van der Waals surface area contributed by atoms with Gasteiger partial charge in [0.05, 0.1) is 26.9 Å². The Hall–Kier alpha value is -1.79. The molecule has 0 heterocycles. The lowest BCUT2D eigenvalue weighted by molar-refractivity contribution is -0.128. The number of aliphatic hydroxyl groups excluding tert-OH is 1. The molecule has 6 nitrogen and oxygen atoms in total. The molecule has 0 aromatic heterocycles. The van der Waals surface area contributed by atoms with Crippen molar-refractivity contribution in [2.24, 2.45) is 0 Å². The molecule has 2 N–H and O–H groups in total. The zero-order chi connectivity index (χ0) is 15.8. The molecule has 6 heteroatoms. The van der Waals surface area contributed by atoms with Crippen LogP contribution >= 0.6 is 0 Å². The predicted octanol–water partition coefficient (Wildman–Crippen LogP) is 0.805. The highest BCUT2D eigenvalue weighted by atomic mass is 16.5. The van der Waals surface area contributed by atoms with Gasteiger partial charge in [-0.05, 0) is 25.1 Å². The first-order valence-corrected chi connectivity index (χ1v) is 6.88. The summed E-state index contributed by atoms with van der Waals surface area (Å²) in [6, 6.07) is 5.24. The summed E-state index contributed by atoms with van der Waals surface area (Å²) in [4.78, 5) is 13.3. The Labute approximate surface area is 125 Å². The lowest BCUT2D eigenvalue weighted by Crippen LogP contribution is -2.36. The Morgan fingerprint density at radius 3 is 2.67 bits per heavy atom. The lowest BCUT2D eigenvalue weighted by atomic mass is 10.1. The van der Waals surface area contributed by atoms with Crippen molar-refractivity contribution < 1.29 is 19.4 Å². The third-order valence-electron chi connectivity index (χ3n) is 3.31. The standard InChI is InChI=1S/C15H24N2O4/c1-5-17(2)15(19)10-16-9-13(18)12-8-11(20-3)6-7-14(12)21-4/h6-8,13,16,18H,5,9-10H2,1-4H3. The molecule has 1 aromatic carbocycles. The van der Waals surface area contributed by atoms with E-state index in [9.17, 15) is 9.90 Å². The summed E-state index contributed by atoms with van der Waals surface area (Å²) < 4.78 is 10.4. The summed E-state index contributed by atoms with van der Waals surface area (Å²) in [6.45, 7) is 3.02. The number of likely N-dealkylation sites (N-methyl/N-ethyl adjacent to an activating group) is 1. The molecular formula is C15H24N2O4. The monoisotopic (exact) mass is 296 g/mol. The molecule has 0 saturated heterocycles. The maximum Gasteiger partial charge on any atom is 0.236 e. The van der Waals surface area contributed by atoms with Gasteiger partial charge in [-0.1, -0.05) is 0 Å². The molecule has 0 fully saturated rings. The van der Waals surface area contributed by atoms with Crippen LogP contribution in [0.15, 0.2) is 18.2 Å². The second kappa shape index (κ2) is 8.49. The van der Waals surface area contributed by atoms with E-state index in [1.54, 1.807) is 44.4 Å². The fraction of sp³-hybridized carbons (Fsp3) is 0.533. The zero-order valence-corrected chi connectivity index (χ0v) is 13.0. The highest BCUT2D eigenvalue weighted by Crippen LogP contribution is 2.28. The topological polar surface area (TPSA) is 71.0 Å². The molecule has 1 rings (SSSR count). The molecule has 1 amide bonds. The van der Waals surface area contributed by atoms with E-state index in [0.717, 1.165) is 0 Å². The minimum atomic E-state index is -0.783. The van der Waals surface area contributed by atoms with E-state index in [1.807, 2.05) is 6.92 Å². The Balaban J connectivity index is 2.62. The van der Waals surface area contributed by atoms with E-state index in [1.165, 1.54) is 0 Å². The van der Waals surface area contributed by atoms with E-state index in [4.69, 9.17) is 9.47 Å². The Morgan fingerprint density at radius 1 is 1.38 bits per heavy atom. The minimum Gasteiger partial charge on any atom is -0.497 e. The molecule has 1 atom stereocenters. The third-order valence-corrected chi connectivity index (χ3v) is 3.31. The van der Waals surface area contributed by atoms with E-state index in [0.29, 0.717) is 23.6 Å². The second-order valence-corrected chi connectivity index (χ2v) is 4.66. The molecule has 0 radical (unpaired) electrons. The van der Waals surface area contributed by atoms with Gasteiger partial charge in [-0.25, -0.2) is 0 Å². The number of benzene rings is 1. The van der Waals surface area contributed by atoms with Crippen LogP contribution in [0.5, 0.6) is 11.5 Å². The molecule has 1 unspecified atom stereocenters. The SMILES string of the molecule is CCN(C)C(=O)CNCC(O)c1cc(OC)ccc1OC. The number of hydrogen-bond donors (Lipinski definition) is 2. The number of rotatable bonds is 8. The average molecular weight is 296 g/mol. The zero-order valence-electron chi connectivity index (χ0n) is 13.0. The molecule has 0 saturated carbocycles. The number of carbonyl (C=O) groups is 1. The number of nitrogens with zero attached hydrogens (tertiary/aromatic N) is 1. The molecule has 0 aliphatic heterocycles. The van der Waals surface area contributed by atoms with Crippen molar-refractivity contribution in [2.45, 2.75) is 13.0 Å². The predicted molar refractivity (Wildman–Crippen MR) is 80.7 cm³/mol. The van der Waals surface area contributed by atoms with Crippen LogP contribution in [-0.4, -0.2) is 56.8 Å². The van der Waals surface area contributed by atoms with E-state index < -0.39 is 6.10 Å². The fourth-order valence-electron chi connectivity index (χ4n) is 1.84. The number of aliphatic hydroxyl groups is 1. The van der Waals surface area contributed by atoms with Crippen molar-refractivity contribution in [1.82, 2.24) is 10.2 Å². The van der Waals surface area contributed by atoms with E-state index in [-0.39, 0.29) is 19.0 Å². The van der Waals surface area contributed by atoms with Crippen LogP contribution in [-0.2, 0) is 4.79 Å². The van der Waals surface area contributed by atoms with Crippen LogP contribution < -0.4 is 14.8 Å². The van der Waals surface area contributed by atoms with Gasteiger partial charge in [0.25, 0.3) is 0 Å². The molecule has 0 aliphatic carbocycles. The average Bonchev–Trinajstić information content (AvgIpc) is 2.52. The van der Waals surface area contributed by atoms with Gasteiger partial charge >= 0.3 is 0 Å². The fourth-order valence-corrected chi connectivity index (χ4v) is 1.84. The molecule has 0 aliphatic rings. The Kier molecular flexibility index (Phi) is 6.98. The third kappa shape index (κ3) is 4.91. The van der Waals surface area contributed by atoms with Crippen molar-refractivity contribution in [3.63, 3.8) is 0 Å². The van der Waals surface area contributed by atoms with Gasteiger partial charge in [0.1, 0.15) is 11.5 Å². The summed E-state index contributed by atoms with van der Waals surface area (Å²) in [5.74, 6) is 1.22.